The van der Waals surface area contributed by atoms with Gasteiger partial charge in [0.15, 0.2) is 0 Å². The van der Waals surface area contributed by atoms with Crippen molar-refractivity contribution in [3.8, 4) is 0 Å². The predicted octanol–water partition coefficient (Wildman–Crippen LogP) is 1.59. The van der Waals surface area contributed by atoms with Crippen molar-refractivity contribution in [3.05, 3.63) is 38.2 Å². The van der Waals surface area contributed by atoms with E-state index >= 15 is 0 Å². The van der Waals surface area contributed by atoms with Crippen molar-refractivity contribution in [2.75, 3.05) is 17.2 Å². The first kappa shape index (κ1) is 11.8. The molecule has 2 aromatic heterocycles. The average Bonchev–Trinajstić information content (AvgIpc) is 2.85. The van der Waals surface area contributed by atoms with Crippen LogP contribution in [0.25, 0.3) is 0 Å². The summed E-state index contributed by atoms with van der Waals surface area (Å²) in [5.41, 5.74) is 6.59. The molecule has 0 radical (unpaired) electrons. The molecule has 0 saturated carbocycles. The summed E-state index contributed by atoms with van der Waals surface area (Å²) in [4.78, 5) is 21.5. The summed E-state index contributed by atoms with van der Waals surface area (Å²) in [7, 11) is 0. The van der Waals surface area contributed by atoms with Crippen molar-refractivity contribution < 1.29 is 4.92 Å². The first-order chi connectivity index (χ1) is 9.15. The van der Waals surface area contributed by atoms with Crippen LogP contribution in [0.4, 0.5) is 17.5 Å². The Morgan fingerprint density at radius 3 is 3.11 bits per heavy atom. The summed E-state index contributed by atoms with van der Waals surface area (Å²) in [5.74, 6) is 0.353. The number of nitrogens with two attached hydrogens (primary N) is 1. The summed E-state index contributed by atoms with van der Waals surface area (Å²) >= 11 is 1.75. The topological polar surface area (TPSA) is 98.2 Å². The molecule has 0 spiro atoms. The maximum absolute atomic E-state index is 10.7. The van der Waals surface area contributed by atoms with E-state index in [0.29, 0.717) is 5.95 Å². The Bertz CT molecular complexity index is 642. The second-order valence-corrected chi connectivity index (χ2v) is 5.24. The fourth-order valence-electron chi connectivity index (χ4n) is 2.09. The highest BCUT2D eigenvalue weighted by Crippen LogP contribution is 2.27. The molecule has 3 heterocycles. The fraction of sp³-hybridized carbons (Fsp3) is 0.273. The number of aromatic nitrogens is 2. The Morgan fingerprint density at radius 1 is 1.53 bits per heavy atom. The molecule has 98 valence electrons. The molecule has 0 atom stereocenters. The molecule has 0 unspecified atom stereocenters. The summed E-state index contributed by atoms with van der Waals surface area (Å²) < 4.78 is 0. The molecule has 0 fully saturated rings. The minimum atomic E-state index is -0.577. The predicted molar refractivity (Wildman–Crippen MR) is 72.2 cm³/mol. The highest BCUT2D eigenvalue weighted by Gasteiger charge is 2.22. The van der Waals surface area contributed by atoms with Crippen molar-refractivity contribution in [2.45, 2.75) is 13.0 Å². The van der Waals surface area contributed by atoms with E-state index in [1.54, 1.807) is 11.3 Å². The highest BCUT2D eigenvalue weighted by molar-refractivity contribution is 7.10. The Kier molecular flexibility index (Phi) is 2.79. The van der Waals surface area contributed by atoms with Crippen LogP contribution in [0.1, 0.15) is 10.4 Å². The first-order valence-corrected chi connectivity index (χ1v) is 6.60. The van der Waals surface area contributed by atoms with Gasteiger partial charge in [0.25, 0.3) is 0 Å². The van der Waals surface area contributed by atoms with E-state index in [2.05, 4.69) is 21.4 Å². The minimum absolute atomic E-state index is 0.0916. The normalized spacial score (nSPS) is 14.2. The van der Waals surface area contributed by atoms with Crippen molar-refractivity contribution in [3.63, 3.8) is 0 Å². The summed E-state index contributed by atoms with van der Waals surface area (Å²) in [5, 5.41) is 12.7. The molecule has 2 N–H and O–H groups in total. The van der Waals surface area contributed by atoms with Crippen LogP contribution in [-0.2, 0) is 13.0 Å². The third-order valence-corrected chi connectivity index (χ3v) is 4.10. The number of nitrogen functional groups attached to an aromatic ring is 1. The lowest BCUT2D eigenvalue weighted by Gasteiger charge is -2.26. The van der Waals surface area contributed by atoms with Crippen LogP contribution in [0.5, 0.6) is 0 Å². The zero-order valence-electron chi connectivity index (χ0n) is 9.94. The molecule has 0 bridgehead atoms. The van der Waals surface area contributed by atoms with Crippen molar-refractivity contribution in [2.24, 2.45) is 0 Å². The SMILES string of the molecule is Nc1nc(N2CCc3sccc3C2)ncc1[N+](=O)[O-]. The van der Waals surface area contributed by atoms with Crippen LogP contribution in [0, 0.1) is 10.1 Å². The maximum atomic E-state index is 10.7. The third-order valence-electron chi connectivity index (χ3n) is 3.07. The van der Waals surface area contributed by atoms with Gasteiger partial charge < -0.3 is 10.6 Å². The van der Waals surface area contributed by atoms with Crippen LogP contribution < -0.4 is 10.6 Å². The molecule has 0 aliphatic carbocycles. The van der Waals surface area contributed by atoms with Gasteiger partial charge in [-0.25, -0.2) is 4.98 Å². The molecule has 2 aromatic rings. The molecule has 0 amide bonds. The molecule has 0 saturated heterocycles. The minimum Gasteiger partial charge on any atom is -0.378 e. The highest BCUT2D eigenvalue weighted by atomic mass is 32.1. The van der Waals surface area contributed by atoms with E-state index in [1.807, 2.05) is 4.90 Å². The second kappa shape index (κ2) is 4.47. The van der Waals surface area contributed by atoms with E-state index in [1.165, 1.54) is 16.6 Å². The van der Waals surface area contributed by atoms with Crippen LogP contribution in [0.2, 0.25) is 0 Å². The van der Waals surface area contributed by atoms with Gasteiger partial charge in [0.2, 0.25) is 11.8 Å². The summed E-state index contributed by atoms with van der Waals surface area (Å²) in [6.45, 7) is 1.51. The largest absolute Gasteiger partial charge is 0.378 e. The van der Waals surface area contributed by atoms with Gasteiger partial charge in [0.05, 0.1) is 4.92 Å². The van der Waals surface area contributed by atoms with Crippen molar-refractivity contribution in [1.82, 2.24) is 9.97 Å². The fourth-order valence-corrected chi connectivity index (χ4v) is 2.98. The van der Waals surface area contributed by atoms with Crippen LogP contribution in [0.15, 0.2) is 17.6 Å². The smallest absolute Gasteiger partial charge is 0.329 e. The summed E-state index contributed by atoms with van der Waals surface area (Å²) in [6.07, 6.45) is 2.11. The van der Waals surface area contributed by atoms with Crippen molar-refractivity contribution in [1.29, 1.82) is 0 Å². The van der Waals surface area contributed by atoms with Gasteiger partial charge in [-0.2, -0.15) is 4.98 Å². The Balaban J connectivity index is 1.88. The van der Waals surface area contributed by atoms with Gasteiger partial charge in [-0.05, 0) is 23.4 Å². The maximum Gasteiger partial charge on any atom is 0.329 e. The van der Waals surface area contributed by atoms with Crippen LogP contribution >= 0.6 is 11.3 Å². The number of hydrogen-bond donors (Lipinski definition) is 1. The number of nitrogens with zero attached hydrogens (tertiary/aromatic N) is 4. The molecule has 0 aromatic carbocycles. The number of thiophene rings is 1. The molecule has 8 heteroatoms. The molecule has 19 heavy (non-hydrogen) atoms. The molecule has 1 aliphatic rings. The zero-order chi connectivity index (χ0) is 13.4. The molecule has 3 rings (SSSR count). The van der Waals surface area contributed by atoms with Gasteiger partial charge in [0.1, 0.15) is 6.20 Å². The van der Waals surface area contributed by atoms with Gasteiger partial charge >= 0.3 is 5.69 Å². The molecule has 1 aliphatic heterocycles. The van der Waals surface area contributed by atoms with E-state index in [9.17, 15) is 10.1 Å². The second-order valence-electron chi connectivity index (χ2n) is 4.24. The zero-order valence-corrected chi connectivity index (χ0v) is 10.8. The first-order valence-electron chi connectivity index (χ1n) is 5.72. The molecular weight excluding hydrogens is 266 g/mol. The number of nitro groups is 1. The number of rotatable bonds is 2. The Hall–Kier alpha value is -2.22. The van der Waals surface area contributed by atoms with Gasteiger partial charge in [-0.1, -0.05) is 0 Å². The van der Waals surface area contributed by atoms with Crippen molar-refractivity contribution >= 4 is 28.8 Å². The van der Waals surface area contributed by atoms with Gasteiger partial charge in [-0.3, -0.25) is 10.1 Å². The monoisotopic (exact) mass is 277 g/mol. The number of anilines is 2. The standard InChI is InChI=1S/C11H11N5O2S/c12-10-8(16(17)18)5-13-11(14-10)15-3-1-9-7(6-15)2-4-19-9/h2,4-5H,1,3,6H2,(H2,12,13,14). The lowest BCUT2D eigenvalue weighted by atomic mass is 10.1. The van der Waals surface area contributed by atoms with E-state index in [0.717, 1.165) is 19.5 Å². The Labute approximate surface area is 112 Å². The number of hydrogen-bond acceptors (Lipinski definition) is 7. The van der Waals surface area contributed by atoms with Crippen LogP contribution in [-0.4, -0.2) is 21.4 Å². The van der Waals surface area contributed by atoms with E-state index in [-0.39, 0.29) is 11.5 Å². The Morgan fingerprint density at radius 2 is 2.37 bits per heavy atom. The molecule has 7 nitrogen and oxygen atoms in total. The quantitative estimate of drug-likeness (QED) is 0.661. The molecular formula is C11H11N5O2S. The third kappa shape index (κ3) is 2.10. The lowest BCUT2D eigenvalue weighted by molar-refractivity contribution is -0.384. The average molecular weight is 277 g/mol. The van der Waals surface area contributed by atoms with Crippen LogP contribution in [0.3, 0.4) is 0 Å². The number of fused-ring (bicyclic) bond motifs is 1. The van der Waals surface area contributed by atoms with Gasteiger partial charge in [-0.15, -0.1) is 11.3 Å². The lowest BCUT2D eigenvalue weighted by Crippen LogP contribution is -2.31. The van der Waals surface area contributed by atoms with Gasteiger partial charge in [0, 0.05) is 18.0 Å². The van der Waals surface area contributed by atoms with E-state index in [4.69, 9.17) is 5.73 Å². The summed E-state index contributed by atoms with van der Waals surface area (Å²) in [6, 6.07) is 2.08. The van der Waals surface area contributed by atoms with E-state index < -0.39 is 4.92 Å².